The van der Waals surface area contributed by atoms with Crippen LogP contribution >= 0.6 is 24.0 Å². The monoisotopic (exact) mass is 437 g/mol. The highest BCUT2D eigenvalue weighted by Gasteiger charge is 2.27. The predicted octanol–water partition coefficient (Wildman–Crippen LogP) is 1.07. The van der Waals surface area contributed by atoms with Gasteiger partial charge in [0.1, 0.15) is 6.54 Å². The summed E-state index contributed by atoms with van der Waals surface area (Å²) in [7, 11) is 3.55. The lowest BCUT2D eigenvalue weighted by molar-refractivity contribution is -0.127. The molecule has 0 spiro atoms. The Morgan fingerprint density at radius 1 is 1.22 bits per heavy atom. The minimum Gasteiger partial charge on any atom is -0.353 e. The SMILES string of the molecule is CC(C)CN1CCN(C(=NCC(=O)N(C)C)NC2CC2)CC1.I. The van der Waals surface area contributed by atoms with Crippen molar-refractivity contribution in [2.24, 2.45) is 10.9 Å². The van der Waals surface area contributed by atoms with Crippen LogP contribution in [0.3, 0.4) is 0 Å². The largest absolute Gasteiger partial charge is 0.353 e. The number of amides is 1. The third-order valence-electron chi connectivity index (χ3n) is 4.07. The van der Waals surface area contributed by atoms with Crippen molar-refractivity contribution in [3.63, 3.8) is 0 Å². The first-order valence-corrected chi connectivity index (χ1v) is 8.44. The molecule has 0 aromatic carbocycles. The molecule has 23 heavy (non-hydrogen) atoms. The van der Waals surface area contributed by atoms with Crippen LogP contribution in [0.25, 0.3) is 0 Å². The number of piperazine rings is 1. The molecule has 1 amide bonds. The number of guanidine groups is 1. The van der Waals surface area contributed by atoms with Crippen LogP contribution in [0.2, 0.25) is 0 Å². The van der Waals surface area contributed by atoms with E-state index in [2.05, 4.69) is 34.0 Å². The maximum Gasteiger partial charge on any atom is 0.243 e. The average molecular weight is 437 g/mol. The van der Waals surface area contributed by atoms with Gasteiger partial charge in [0.15, 0.2) is 5.96 Å². The number of likely N-dealkylation sites (N-methyl/N-ethyl adjacent to an activating group) is 1. The normalized spacial score (nSPS) is 19.5. The highest BCUT2D eigenvalue weighted by molar-refractivity contribution is 14.0. The highest BCUT2D eigenvalue weighted by Crippen LogP contribution is 2.19. The number of aliphatic imine (C=N–C) groups is 1. The summed E-state index contributed by atoms with van der Waals surface area (Å²) in [5.74, 6) is 1.68. The Kier molecular flexibility index (Phi) is 8.60. The number of carbonyl (C=O) groups is 1. The lowest BCUT2D eigenvalue weighted by Crippen LogP contribution is -2.53. The molecule has 0 aromatic rings. The number of nitrogens with zero attached hydrogens (tertiary/aromatic N) is 4. The summed E-state index contributed by atoms with van der Waals surface area (Å²) in [6.07, 6.45) is 2.43. The molecule has 0 radical (unpaired) electrons. The summed E-state index contributed by atoms with van der Waals surface area (Å²) in [5, 5.41) is 3.50. The van der Waals surface area contributed by atoms with Gasteiger partial charge in [0.25, 0.3) is 0 Å². The van der Waals surface area contributed by atoms with Crippen LogP contribution in [0.1, 0.15) is 26.7 Å². The van der Waals surface area contributed by atoms with E-state index < -0.39 is 0 Å². The number of halogens is 1. The van der Waals surface area contributed by atoms with Gasteiger partial charge in [-0.25, -0.2) is 4.99 Å². The second-order valence-electron chi connectivity index (χ2n) is 7.03. The van der Waals surface area contributed by atoms with E-state index in [9.17, 15) is 4.79 Å². The van der Waals surface area contributed by atoms with Crippen molar-refractivity contribution in [2.45, 2.75) is 32.7 Å². The Bertz CT molecular complexity index is 401. The van der Waals surface area contributed by atoms with E-state index in [0.717, 1.165) is 38.7 Å². The first-order chi connectivity index (χ1) is 10.5. The summed E-state index contributed by atoms with van der Waals surface area (Å²) in [6, 6.07) is 0.557. The van der Waals surface area contributed by atoms with E-state index in [0.29, 0.717) is 12.0 Å². The van der Waals surface area contributed by atoms with Crippen LogP contribution in [-0.4, -0.2) is 86.0 Å². The zero-order valence-corrected chi connectivity index (χ0v) is 17.2. The topological polar surface area (TPSA) is 51.2 Å². The van der Waals surface area contributed by atoms with Crippen LogP contribution < -0.4 is 5.32 Å². The number of nitrogens with one attached hydrogen (secondary N) is 1. The quantitative estimate of drug-likeness (QED) is 0.397. The standard InChI is InChI=1S/C16H31N5O.HI/c1-13(2)12-20-7-9-21(10-8-20)16(18-14-5-6-14)17-11-15(22)19(3)4;/h13-14H,5-12H2,1-4H3,(H,17,18);1H. The van der Waals surface area contributed by atoms with Crippen molar-refractivity contribution in [1.82, 2.24) is 20.0 Å². The van der Waals surface area contributed by atoms with Crippen LogP contribution in [-0.2, 0) is 4.79 Å². The Morgan fingerprint density at radius 3 is 2.30 bits per heavy atom. The molecule has 1 saturated carbocycles. The van der Waals surface area contributed by atoms with Crippen molar-refractivity contribution in [2.75, 3.05) is 53.4 Å². The van der Waals surface area contributed by atoms with Crippen molar-refractivity contribution in [1.29, 1.82) is 0 Å². The Hall–Kier alpha value is -0.570. The fourth-order valence-electron chi connectivity index (χ4n) is 2.59. The molecule has 2 fully saturated rings. The molecular formula is C16H32IN5O. The van der Waals surface area contributed by atoms with Gasteiger partial charge in [-0.05, 0) is 18.8 Å². The Morgan fingerprint density at radius 2 is 1.83 bits per heavy atom. The van der Waals surface area contributed by atoms with E-state index in [-0.39, 0.29) is 36.4 Å². The van der Waals surface area contributed by atoms with E-state index in [1.54, 1.807) is 19.0 Å². The minimum atomic E-state index is 0. The van der Waals surface area contributed by atoms with E-state index >= 15 is 0 Å². The lowest BCUT2D eigenvalue weighted by atomic mass is 10.2. The highest BCUT2D eigenvalue weighted by atomic mass is 127. The fourth-order valence-corrected chi connectivity index (χ4v) is 2.59. The molecule has 1 saturated heterocycles. The smallest absolute Gasteiger partial charge is 0.243 e. The van der Waals surface area contributed by atoms with Crippen LogP contribution in [0.4, 0.5) is 0 Å². The Labute approximate surface area is 157 Å². The Balaban J connectivity index is 0.00000264. The molecule has 7 heteroatoms. The molecule has 2 rings (SSSR count). The van der Waals surface area contributed by atoms with E-state index in [1.807, 2.05) is 0 Å². The lowest BCUT2D eigenvalue weighted by Gasteiger charge is -2.37. The zero-order chi connectivity index (χ0) is 16.1. The maximum absolute atomic E-state index is 11.8. The number of carbonyl (C=O) groups excluding carboxylic acids is 1. The summed E-state index contributed by atoms with van der Waals surface area (Å²) < 4.78 is 0. The van der Waals surface area contributed by atoms with Crippen molar-refractivity contribution in [3.8, 4) is 0 Å². The van der Waals surface area contributed by atoms with Crippen LogP contribution in [0.15, 0.2) is 4.99 Å². The predicted molar refractivity (Wildman–Crippen MR) is 105 cm³/mol. The van der Waals surface area contributed by atoms with Gasteiger partial charge in [-0.3, -0.25) is 9.69 Å². The first-order valence-electron chi connectivity index (χ1n) is 8.44. The van der Waals surface area contributed by atoms with E-state index in [1.165, 1.54) is 12.8 Å². The molecule has 1 aliphatic heterocycles. The summed E-state index contributed by atoms with van der Waals surface area (Å²) in [6.45, 7) is 10.0. The van der Waals surface area contributed by atoms with Crippen LogP contribution in [0.5, 0.6) is 0 Å². The summed E-state index contributed by atoms with van der Waals surface area (Å²) in [5.41, 5.74) is 0. The van der Waals surface area contributed by atoms with Gasteiger partial charge in [-0.15, -0.1) is 24.0 Å². The first kappa shape index (κ1) is 20.5. The second-order valence-corrected chi connectivity index (χ2v) is 7.03. The average Bonchev–Trinajstić information content (AvgIpc) is 3.27. The van der Waals surface area contributed by atoms with Crippen molar-refractivity contribution in [3.05, 3.63) is 0 Å². The zero-order valence-electron chi connectivity index (χ0n) is 14.9. The van der Waals surface area contributed by atoms with Gasteiger partial charge in [-0.2, -0.15) is 0 Å². The van der Waals surface area contributed by atoms with Gasteiger partial charge >= 0.3 is 0 Å². The molecule has 2 aliphatic rings. The maximum atomic E-state index is 11.8. The third kappa shape index (κ3) is 7.24. The molecule has 0 unspecified atom stereocenters. The molecule has 1 N–H and O–H groups in total. The molecule has 6 nitrogen and oxygen atoms in total. The molecule has 0 bridgehead atoms. The molecule has 1 heterocycles. The number of rotatable bonds is 5. The van der Waals surface area contributed by atoms with Gasteiger partial charge in [-0.1, -0.05) is 13.8 Å². The van der Waals surface area contributed by atoms with Crippen molar-refractivity contribution >= 4 is 35.8 Å². The van der Waals surface area contributed by atoms with Gasteiger partial charge < -0.3 is 15.1 Å². The fraction of sp³-hybridized carbons (Fsp3) is 0.875. The van der Waals surface area contributed by atoms with Gasteiger partial charge in [0.05, 0.1) is 0 Å². The molecule has 0 aromatic heterocycles. The second kappa shape index (κ2) is 9.66. The van der Waals surface area contributed by atoms with Crippen molar-refractivity contribution < 1.29 is 4.79 Å². The summed E-state index contributed by atoms with van der Waals surface area (Å²) in [4.78, 5) is 22.7. The van der Waals surface area contributed by atoms with Crippen LogP contribution in [0, 0.1) is 5.92 Å². The molecule has 134 valence electrons. The minimum absolute atomic E-state index is 0. The third-order valence-corrected chi connectivity index (χ3v) is 4.07. The number of hydrogen-bond acceptors (Lipinski definition) is 3. The van der Waals surface area contributed by atoms with Gasteiger partial charge in [0.2, 0.25) is 5.91 Å². The molecular weight excluding hydrogens is 405 g/mol. The molecule has 1 aliphatic carbocycles. The van der Waals surface area contributed by atoms with E-state index in [4.69, 9.17) is 0 Å². The summed E-state index contributed by atoms with van der Waals surface area (Å²) >= 11 is 0. The molecule has 0 atom stereocenters. The van der Waals surface area contributed by atoms with Gasteiger partial charge in [0, 0.05) is 52.9 Å². The number of hydrogen-bond donors (Lipinski definition) is 1.